The SMILES string of the molecule is COc1ccc(S(=O)(=O)N[C@@H](Cc2ccccc2)C(=O)Nc2ccc(Cl)cc2C(=O)c2ccccc2)cc1Cl. The van der Waals surface area contributed by atoms with Gasteiger partial charge in [0, 0.05) is 16.1 Å². The zero-order valence-electron chi connectivity index (χ0n) is 20.7. The quantitative estimate of drug-likeness (QED) is 0.231. The van der Waals surface area contributed by atoms with Crippen molar-refractivity contribution in [3.05, 3.63) is 124 Å². The van der Waals surface area contributed by atoms with Gasteiger partial charge in [0.25, 0.3) is 0 Å². The number of amides is 1. The number of hydrogen-bond acceptors (Lipinski definition) is 5. The van der Waals surface area contributed by atoms with E-state index in [1.165, 1.54) is 43.5 Å². The second-order valence-corrected chi connectivity index (χ2v) is 11.1. The first-order valence-electron chi connectivity index (χ1n) is 11.8. The summed E-state index contributed by atoms with van der Waals surface area (Å²) in [5.74, 6) is -0.694. The molecule has 39 heavy (non-hydrogen) atoms. The molecule has 0 saturated carbocycles. The summed E-state index contributed by atoms with van der Waals surface area (Å²) < 4.78 is 34.2. The molecule has 4 aromatic rings. The van der Waals surface area contributed by atoms with Crippen molar-refractivity contribution in [2.75, 3.05) is 12.4 Å². The highest BCUT2D eigenvalue weighted by molar-refractivity contribution is 7.89. The fraction of sp³-hybridized carbons (Fsp3) is 0.103. The molecule has 0 aliphatic carbocycles. The summed E-state index contributed by atoms with van der Waals surface area (Å²) in [5, 5.41) is 3.14. The molecule has 4 aromatic carbocycles. The Hall–Kier alpha value is -3.69. The second-order valence-electron chi connectivity index (χ2n) is 8.53. The fourth-order valence-electron chi connectivity index (χ4n) is 3.89. The Labute approximate surface area is 236 Å². The van der Waals surface area contributed by atoms with Gasteiger partial charge < -0.3 is 10.1 Å². The normalized spacial score (nSPS) is 12.0. The van der Waals surface area contributed by atoms with E-state index in [0.717, 1.165) is 5.56 Å². The first-order valence-corrected chi connectivity index (χ1v) is 14.0. The first-order chi connectivity index (χ1) is 18.7. The van der Waals surface area contributed by atoms with Gasteiger partial charge in [-0.15, -0.1) is 0 Å². The van der Waals surface area contributed by atoms with Crippen LogP contribution in [0.15, 0.2) is 102 Å². The molecular formula is C29H24Cl2N2O5S. The van der Waals surface area contributed by atoms with Crippen molar-refractivity contribution >= 4 is 50.6 Å². The van der Waals surface area contributed by atoms with Crippen LogP contribution in [0, 0.1) is 0 Å². The molecule has 200 valence electrons. The third-order valence-electron chi connectivity index (χ3n) is 5.85. The van der Waals surface area contributed by atoms with Gasteiger partial charge in [0.1, 0.15) is 11.8 Å². The van der Waals surface area contributed by atoms with Crippen LogP contribution in [0.1, 0.15) is 21.5 Å². The van der Waals surface area contributed by atoms with E-state index in [-0.39, 0.29) is 33.4 Å². The maximum atomic E-state index is 13.6. The molecule has 0 heterocycles. The van der Waals surface area contributed by atoms with Crippen LogP contribution in [0.4, 0.5) is 5.69 Å². The van der Waals surface area contributed by atoms with Crippen LogP contribution in [0.5, 0.6) is 5.75 Å². The molecule has 0 bridgehead atoms. The molecule has 10 heteroatoms. The third-order valence-corrected chi connectivity index (χ3v) is 7.85. The number of anilines is 1. The largest absolute Gasteiger partial charge is 0.495 e. The van der Waals surface area contributed by atoms with Crippen LogP contribution in [-0.2, 0) is 21.2 Å². The Bertz CT molecular complexity index is 1600. The number of rotatable bonds is 10. The predicted octanol–water partition coefficient (Wildman–Crippen LogP) is 5.76. The van der Waals surface area contributed by atoms with Crippen LogP contribution >= 0.6 is 23.2 Å². The van der Waals surface area contributed by atoms with Crippen molar-refractivity contribution in [1.29, 1.82) is 0 Å². The summed E-state index contributed by atoms with van der Waals surface area (Å²) >= 11 is 12.3. The maximum Gasteiger partial charge on any atom is 0.242 e. The molecule has 2 N–H and O–H groups in total. The van der Waals surface area contributed by atoms with E-state index < -0.39 is 22.0 Å². The Morgan fingerprint density at radius 2 is 1.54 bits per heavy atom. The van der Waals surface area contributed by atoms with Crippen LogP contribution in [0.2, 0.25) is 10.0 Å². The molecule has 0 aromatic heterocycles. The number of carbonyl (C=O) groups is 2. The monoisotopic (exact) mass is 582 g/mol. The zero-order chi connectivity index (χ0) is 28.0. The van der Waals surface area contributed by atoms with Gasteiger partial charge in [-0.2, -0.15) is 4.72 Å². The maximum absolute atomic E-state index is 13.6. The minimum atomic E-state index is -4.18. The minimum Gasteiger partial charge on any atom is -0.495 e. The highest BCUT2D eigenvalue weighted by Gasteiger charge is 2.28. The lowest BCUT2D eigenvalue weighted by Crippen LogP contribution is -2.45. The summed E-state index contributed by atoms with van der Waals surface area (Å²) in [7, 11) is -2.76. The fourth-order valence-corrected chi connectivity index (χ4v) is 5.60. The Morgan fingerprint density at radius 3 is 2.18 bits per heavy atom. The number of nitrogens with one attached hydrogen (secondary N) is 2. The second kappa shape index (κ2) is 12.4. The highest BCUT2D eigenvalue weighted by Crippen LogP contribution is 2.28. The number of methoxy groups -OCH3 is 1. The molecule has 0 spiro atoms. The number of ether oxygens (including phenoxy) is 1. The van der Waals surface area contributed by atoms with Crippen LogP contribution < -0.4 is 14.8 Å². The van der Waals surface area contributed by atoms with Crippen molar-refractivity contribution in [1.82, 2.24) is 4.72 Å². The van der Waals surface area contributed by atoms with E-state index in [2.05, 4.69) is 10.0 Å². The van der Waals surface area contributed by atoms with E-state index in [1.807, 2.05) is 6.07 Å². The Morgan fingerprint density at radius 1 is 0.872 bits per heavy atom. The van der Waals surface area contributed by atoms with Crippen molar-refractivity contribution in [2.24, 2.45) is 0 Å². The van der Waals surface area contributed by atoms with Gasteiger partial charge >= 0.3 is 0 Å². The topological polar surface area (TPSA) is 102 Å². The number of ketones is 1. The first kappa shape index (κ1) is 28.3. The molecule has 0 saturated heterocycles. The Kier molecular flexibility index (Phi) is 9.04. The van der Waals surface area contributed by atoms with Crippen LogP contribution in [0.3, 0.4) is 0 Å². The van der Waals surface area contributed by atoms with Gasteiger partial charge in [-0.3, -0.25) is 9.59 Å². The molecule has 0 radical (unpaired) electrons. The number of hydrogen-bond donors (Lipinski definition) is 2. The van der Waals surface area contributed by atoms with Crippen molar-refractivity contribution < 1.29 is 22.7 Å². The lowest BCUT2D eigenvalue weighted by molar-refractivity contribution is -0.117. The minimum absolute atomic E-state index is 0.0470. The van der Waals surface area contributed by atoms with Crippen molar-refractivity contribution in [3.63, 3.8) is 0 Å². The molecule has 0 aliphatic heterocycles. The summed E-state index contributed by atoms with van der Waals surface area (Å²) in [6.45, 7) is 0. The van der Waals surface area contributed by atoms with Crippen LogP contribution in [-0.4, -0.2) is 33.3 Å². The molecule has 0 fully saturated rings. The van der Waals surface area contributed by atoms with E-state index in [0.29, 0.717) is 16.3 Å². The van der Waals surface area contributed by atoms with Crippen molar-refractivity contribution in [2.45, 2.75) is 17.4 Å². The molecule has 1 amide bonds. The van der Waals surface area contributed by atoms with Crippen LogP contribution in [0.25, 0.3) is 0 Å². The lowest BCUT2D eigenvalue weighted by atomic mass is 10.0. The number of benzene rings is 4. The van der Waals surface area contributed by atoms with E-state index in [1.54, 1.807) is 54.6 Å². The standard InChI is InChI=1S/C29H24Cl2N2O5S/c1-38-27-15-13-22(18-24(27)31)39(36,37)33-26(16-19-8-4-2-5-9-19)29(35)32-25-14-12-21(30)17-23(25)28(34)20-10-6-3-7-11-20/h2-15,17-18,26,33H,16H2,1H3,(H,32,35)/t26-/m0/s1. The predicted molar refractivity (Wildman–Crippen MR) is 152 cm³/mol. The zero-order valence-corrected chi connectivity index (χ0v) is 23.1. The summed E-state index contributed by atoms with van der Waals surface area (Å²) in [4.78, 5) is 26.6. The van der Waals surface area contributed by atoms with Crippen molar-refractivity contribution in [3.8, 4) is 5.75 Å². The average molecular weight is 583 g/mol. The molecule has 4 rings (SSSR count). The van der Waals surface area contributed by atoms with Gasteiger partial charge in [-0.25, -0.2) is 8.42 Å². The van der Waals surface area contributed by atoms with Gasteiger partial charge in [0.05, 0.1) is 22.7 Å². The average Bonchev–Trinajstić information content (AvgIpc) is 2.94. The van der Waals surface area contributed by atoms with E-state index in [9.17, 15) is 18.0 Å². The van der Waals surface area contributed by atoms with E-state index in [4.69, 9.17) is 27.9 Å². The van der Waals surface area contributed by atoms with E-state index >= 15 is 0 Å². The summed E-state index contributed by atoms with van der Waals surface area (Å²) in [6.07, 6.45) is 0.0470. The lowest BCUT2D eigenvalue weighted by Gasteiger charge is -2.20. The molecular weight excluding hydrogens is 559 g/mol. The Balaban J connectivity index is 1.66. The van der Waals surface area contributed by atoms with Gasteiger partial charge in [-0.05, 0) is 48.4 Å². The molecule has 0 unspecified atom stereocenters. The number of carbonyl (C=O) groups excluding carboxylic acids is 2. The number of halogens is 2. The molecule has 7 nitrogen and oxygen atoms in total. The molecule has 1 atom stereocenters. The number of sulfonamides is 1. The summed E-state index contributed by atoms with van der Waals surface area (Å²) in [6, 6.07) is 24.8. The van der Waals surface area contributed by atoms with Gasteiger partial charge in [0.2, 0.25) is 15.9 Å². The van der Waals surface area contributed by atoms with Gasteiger partial charge in [0.15, 0.2) is 5.78 Å². The molecule has 0 aliphatic rings. The van der Waals surface area contributed by atoms with Gasteiger partial charge in [-0.1, -0.05) is 83.9 Å². The highest BCUT2D eigenvalue weighted by atomic mass is 35.5. The summed E-state index contributed by atoms with van der Waals surface area (Å²) in [5.41, 5.74) is 1.51. The smallest absolute Gasteiger partial charge is 0.242 e. The third kappa shape index (κ3) is 7.04.